The molecule has 1 aliphatic heterocycles. The van der Waals surface area contributed by atoms with E-state index in [-0.39, 0.29) is 23.8 Å². The van der Waals surface area contributed by atoms with Crippen LogP contribution in [-0.4, -0.2) is 65.5 Å². The molecule has 94 valence electrons. The third-order valence-electron chi connectivity index (χ3n) is 3.08. The molecule has 0 saturated carbocycles. The van der Waals surface area contributed by atoms with E-state index in [4.69, 9.17) is 16.7 Å². The Bertz CT molecular complexity index is 228. The van der Waals surface area contributed by atoms with Gasteiger partial charge in [0.15, 0.2) is 0 Å². The number of carbonyl (C=O) groups excluding carboxylic acids is 1. The van der Waals surface area contributed by atoms with Crippen LogP contribution in [-0.2, 0) is 4.79 Å². The maximum atomic E-state index is 11.4. The quantitative estimate of drug-likeness (QED) is 0.715. The summed E-state index contributed by atoms with van der Waals surface area (Å²) in [5.41, 5.74) is 0. The zero-order valence-electron chi connectivity index (χ0n) is 10.0. The monoisotopic (exact) mass is 248 g/mol. The van der Waals surface area contributed by atoms with Crippen LogP contribution in [0.4, 0.5) is 0 Å². The molecular weight excluding hydrogens is 228 g/mol. The van der Waals surface area contributed by atoms with Crippen molar-refractivity contribution in [1.29, 1.82) is 0 Å². The lowest BCUT2D eigenvalue weighted by Gasteiger charge is -2.39. The molecule has 1 saturated heterocycles. The second-order valence-electron chi connectivity index (χ2n) is 4.59. The molecular formula is C11H21ClN2O2. The molecule has 1 atom stereocenters. The van der Waals surface area contributed by atoms with Gasteiger partial charge in [-0.05, 0) is 17.5 Å². The van der Waals surface area contributed by atoms with Crippen molar-refractivity contribution < 1.29 is 9.90 Å². The molecule has 4 nitrogen and oxygen atoms in total. The van der Waals surface area contributed by atoms with E-state index < -0.39 is 0 Å². The first-order valence-corrected chi connectivity index (χ1v) is 6.20. The van der Waals surface area contributed by atoms with Gasteiger partial charge in [-0.15, -0.1) is 0 Å². The third-order valence-corrected chi connectivity index (χ3v) is 3.30. The van der Waals surface area contributed by atoms with Crippen LogP contribution in [0.5, 0.6) is 0 Å². The molecule has 1 heterocycles. The van der Waals surface area contributed by atoms with E-state index in [1.807, 2.05) is 13.8 Å². The lowest BCUT2D eigenvalue weighted by molar-refractivity contribution is -0.118. The van der Waals surface area contributed by atoms with E-state index in [1.54, 1.807) is 0 Å². The largest absolute Gasteiger partial charge is 0.395 e. The standard InChI is InChI=1S/C11H21ClN2O2/c1-9(2)10(11(12)16)14-5-3-13(4-6-14)7-8-15/h9-10,15H,3-8H2,1-2H3. The average molecular weight is 249 g/mol. The molecule has 16 heavy (non-hydrogen) atoms. The van der Waals surface area contributed by atoms with Gasteiger partial charge in [0, 0.05) is 32.7 Å². The normalized spacial score (nSPS) is 21.3. The van der Waals surface area contributed by atoms with Crippen LogP contribution in [0.2, 0.25) is 0 Å². The summed E-state index contributed by atoms with van der Waals surface area (Å²) in [5.74, 6) is 0.245. The number of nitrogens with zero attached hydrogens (tertiary/aromatic N) is 2. The lowest BCUT2D eigenvalue weighted by atomic mass is 10.0. The van der Waals surface area contributed by atoms with Crippen molar-refractivity contribution in [3.8, 4) is 0 Å². The Morgan fingerprint density at radius 3 is 2.25 bits per heavy atom. The molecule has 1 aliphatic rings. The van der Waals surface area contributed by atoms with Gasteiger partial charge in [0.1, 0.15) is 0 Å². The Hall–Kier alpha value is -0.160. The van der Waals surface area contributed by atoms with Crippen molar-refractivity contribution >= 4 is 16.8 Å². The van der Waals surface area contributed by atoms with Crippen molar-refractivity contribution in [2.45, 2.75) is 19.9 Å². The highest BCUT2D eigenvalue weighted by Gasteiger charge is 2.29. The zero-order valence-corrected chi connectivity index (χ0v) is 10.8. The number of β-amino-alcohol motifs (C(OH)–C–C–N with tert-alkyl or cyclic N) is 1. The minimum absolute atomic E-state index is 0.169. The van der Waals surface area contributed by atoms with Crippen LogP contribution in [0.15, 0.2) is 0 Å². The van der Waals surface area contributed by atoms with Gasteiger partial charge in [0.05, 0.1) is 12.6 Å². The van der Waals surface area contributed by atoms with Gasteiger partial charge >= 0.3 is 0 Å². The zero-order chi connectivity index (χ0) is 12.1. The molecule has 5 heteroatoms. The second-order valence-corrected chi connectivity index (χ2v) is 4.97. The van der Waals surface area contributed by atoms with Crippen molar-refractivity contribution in [1.82, 2.24) is 9.80 Å². The number of hydrogen-bond donors (Lipinski definition) is 1. The molecule has 1 rings (SSSR count). The van der Waals surface area contributed by atoms with Gasteiger partial charge in [0.25, 0.3) is 0 Å². The van der Waals surface area contributed by atoms with Gasteiger partial charge < -0.3 is 5.11 Å². The van der Waals surface area contributed by atoms with Gasteiger partial charge in [-0.1, -0.05) is 13.8 Å². The topological polar surface area (TPSA) is 43.8 Å². The minimum Gasteiger partial charge on any atom is -0.395 e. The molecule has 0 aliphatic carbocycles. The maximum absolute atomic E-state index is 11.4. The van der Waals surface area contributed by atoms with E-state index in [0.29, 0.717) is 0 Å². The SMILES string of the molecule is CC(C)C(C(=O)Cl)N1CCN(CCO)CC1. The Morgan fingerprint density at radius 1 is 1.31 bits per heavy atom. The summed E-state index contributed by atoms with van der Waals surface area (Å²) in [5, 5.41) is 8.58. The van der Waals surface area contributed by atoms with Crippen molar-refractivity contribution in [3.63, 3.8) is 0 Å². The first-order valence-electron chi connectivity index (χ1n) is 5.83. The number of piperazine rings is 1. The lowest BCUT2D eigenvalue weighted by Crippen LogP contribution is -2.53. The Morgan fingerprint density at radius 2 is 1.88 bits per heavy atom. The summed E-state index contributed by atoms with van der Waals surface area (Å²) in [6, 6.07) is -0.169. The number of aliphatic hydroxyl groups is 1. The Labute approximate surface area is 102 Å². The predicted octanol–water partition coefficient (Wildman–Crippen LogP) is 0.386. The number of hydrogen-bond acceptors (Lipinski definition) is 4. The van der Waals surface area contributed by atoms with Crippen LogP contribution in [0.1, 0.15) is 13.8 Å². The average Bonchev–Trinajstić information content (AvgIpc) is 2.20. The first-order chi connectivity index (χ1) is 7.56. The van der Waals surface area contributed by atoms with Gasteiger partial charge in [-0.2, -0.15) is 0 Å². The van der Waals surface area contributed by atoms with E-state index >= 15 is 0 Å². The predicted molar refractivity (Wildman–Crippen MR) is 64.6 cm³/mol. The summed E-state index contributed by atoms with van der Waals surface area (Å²) < 4.78 is 0. The first kappa shape index (κ1) is 13.9. The van der Waals surface area contributed by atoms with Crippen LogP contribution >= 0.6 is 11.6 Å². The molecule has 0 aromatic rings. The van der Waals surface area contributed by atoms with E-state index in [9.17, 15) is 4.79 Å². The summed E-state index contributed by atoms with van der Waals surface area (Å²) >= 11 is 5.64. The number of halogens is 1. The van der Waals surface area contributed by atoms with Gasteiger partial charge in [0.2, 0.25) is 5.24 Å². The number of carbonyl (C=O) groups is 1. The van der Waals surface area contributed by atoms with Crippen LogP contribution in [0.3, 0.4) is 0 Å². The van der Waals surface area contributed by atoms with Gasteiger partial charge in [-0.3, -0.25) is 14.6 Å². The van der Waals surface area contributed by atoms with Crippen LogP contribution in [0.25, 0.3) is 0 Å². The molecule has 1 unspecified atom stereocenters. The highest BCUT2D eigenvalue weighted by Crippen LogP contribution is 2.16. The summed E-state index contributed by atoms with van der Waals surface area (Å²) in [6.07, 6.45) is 0. The van der Waals surface area contributed by atoms with Gasteiger partial charge in [-0.25, -0.2) is 0 Å². The van der Waals surface area contributed by atoms with Crippen LogP contribution in [0, 0.1) is 5.92 Å². The number of rotatable bonds is 5. The van der Waals surface area contributed by atoms with Crippen molar-refractivity contribution in [3.05, 3.63) is 0 Å². The third kappa shape index (κ3) is 3.70. The Kier molecular flexibility index (Phi) is 5.69. The highest BCUT2D eigenvalue weighted by atomic mass is 35.5. The molecule has 0 aromatic carbocycles. The van der Waals surface area contributed by atoms with E-state index in [0.717, 1.165) is 32.7 Å². The second kappa shape index (κ2) is 6.55. The van der Waals surface area contributed by atoms with Crippen LogP contribution < -0.4 is 0 Å². The molecule has 1 N–H and O–H groups in total. The highest BCUT2D eigenvalue weighted by molar-refractivity contribution is 6.64. The van der Waals surface area contributed by atoms with Crippen molar-refractivity contribution in [2.75, 3.05) is 39.3 Å². The molecule has 0 spiro atoms. The van der Waals surface area contributed by atoms with E-state index in [2.05, 4.69) is 9.80 Å². The minimum atomic E-state index is -0.259. The van der Waals surface area contributed by atoms with Crippen molar-refractivity contribution in [2.24, 2.45) is 5.92 Å². The smallest absolute Gasteiger partial charge is 0.239 e. The maximum Gasteiger partial charge on any atom is 0.239 e. The molecule has 1 fully saturated rings. The molecule has 0 amide bonds. The Balaban J connectivity index is 2.47. The summed E-state index contributed by atoms with van der Waals surface area (Å²) in [7, 11) is 0. The fourth-order valence-corrected chi connectivity index (χ4v) is 2.62. The molecule has 0 aromatic heterocycles. The molecule has 0 radical (unpaired) electrons. The fraction of sp³-hybridized carbons (Fsp3) is 0.909. The summed E-state index contributed by atoms with van der Waals surface area (Å²) in [6.45, 7) is 8.44. The van der Waals surface area contributed by atoms with E-state index in [1.165, 1.54) is 0 Å². The summed E-state index contributed by atoms with van der Waals surface area (Å²) in [4.78, 5) is 15.7. The number of aliphatic hydroxyl groups excluding tert-OH is 1. The molecule has 0 bridgehead atoms. The fourth-order valence-electron chi connectivity index (χ4n) is 2.23.